The second-order valence-corrected chi connectivity index (χ2v) is 14.7. The van der Waals surface area contributed by atoms with E-state index in [1.54, 1.807) is 6.08 Å². The maximum Gasteiger partial charge on any atom is 0.309 e. The summed E-state index contributed by atoms with van der Waals surface area (Å²) in [7, 11) is 0. The first-order valence-corrected chi connectivity index (χ1v) is 23.4. The molecule has 0 saturated heterocycles. The molecule has 0 spiro atoms. The van der Waals surface area contributed by atoms with Crippen LogP contribution < -0.4 is 0 Å². The van der Waals surface area contributed by atoms with Crippen LogP contribution in [0.1, 0.15) is 168 Å². The number of ether oxygens (including phenoxy) is 2. The zero-order valence-corrected chi connectivity index (χ0v) is 37.9. The van der Waals surface area contributed by atoms with Crippen molar-refractivity contribution in [3.8, 4) is 0 Å². The number of allylic oxidation sites excluding steroid dienone is 23. The van der Waals surface area contributed by atoms with E-state index >= 15 is 0 Å². The third-order valence-electron chi connectivity index (χ3n) is 9.16. The van der Waals surface area contributed by atoms with E-state index in [1.165, 1.54) is 38.5 Å². The number of unbranched alkanes of at least 4 members (excludes halogenated alkanes) is 9. The van der Waals surface area contributed by atoms with Gasteiger partial charge in [0.2, 0.25) is 0 Å². The topological polar surface area (TPSA) is 72.8 Å². The molecule has 1 N–H and O–H groups in total. The van der Waals surface area contributed by atoms with Crippen LogP contribution >= 0.6 is 0 Å². The summed E-state index contributed by atoms with van der Waals surface area (Å²) in [5.41, 5.74) is 0. The third-order valence-corrected chi connectivity index (χ3v) is 9.16. The summed E-state index contributed by atoms with van der Waals surface area (Å²) in [6.07, 6.45) is 75.2. The molecule has 0 fully saturated rings. The molecule has 0 aliphatic heterocycles. The first-order chi connectivity index (χ1) is 29.6. The first kappa shape index (κ1) is 55.8. The molecular formula is C55H84O5. The molecule has 0 aromatic rings. The fourth-order valence-corrected chi connectivity index (χ4v) is 5.72. The van der Waals surface area contributed by atoms with Gasteiger partial charge in [-0.2, -0.15) is 0 Å². The SMILES string of the molecule is CC/C=C\C/C=C\C/C=C\C/C=C\C/C=C\C/C=C\C/C=C\CCCCCCCCCCCC(=O)OC(CO)COC(=O)C/C=C\C/C=C\C/C=C\C/C=C\C/C=C\CC. The molecule has 0 amide bonds. The summed E-state index contributed by atoms with van der Waals surface area (Å²) in [6, 6.07) is 0. The minimum absolute atomic E-state index is 0.133. The number of rotatable bonds is 40. The molecule has 5 nitrogen and oxygen atoms in total. The van der Waals surface area contributed by atoms with Gasteiger partial charge < -0.3 is 14.6 Å². The van der Waals surface area contributed by atoms with E-state index in [9.17, 15) is 14.7 Å². The van der Waals surface area contributed by atoms with Crippen molar-refractivity contribution in [2.24, 2.45) is 0 Å². The maximum absolute atomic E-state index is 12.2. The van der Waals surface area contributed by atoms with E-state index in [-0.39, 0.29) is 25.6 Å². The van der Waals surface area contributed by atoms with E-state index in [2.05, 4.69) is 148 Å². The molecule has 0 heterocycles. The van der Waals surface area contributed by atoms with Crippen molar-refractivity contribution < 1.29 is 24.2 Å². The number of esters is 2. The normalized spacial score (nSPS) is 13.6. The van der Waals surface area contributed by atoms with Gasteiger partial charge >= 0.3 is 11.9 Å². The van der Waals surface area contributed by atoms with E-state index in [4.69, 9.17) is 9.47 Å². The second kappa shape index (κ2) is 49.1. The van der Waals surface area contributed by atoms with Crippen LogP contribution in [-0.4, -0.2) is 36.4 Å². The van der Waals surface area contributed by atoms with Gasteiger partial charge in [-0.3, -0.25) is 9.59 Å². The van der Waals surface area contributed by atoms with Gasteiger partial charge in [0, 0.05) is 6.42 Å². The second-order valence-electron chi connectivity index (χ2n) is 14.7. The van der Waals surface area contributed by atoms with Crippen molar-refractivity contribution in [3.05, 3.63) is 146 Å². The maximum atomic E-state index is 12.2. The van der Waals surface area contributed by atoms with E-state index in [0.29, 0.717) is 6.42 Å². The number of aliphatic hydroxyl groups is 1. The third kappa shape index (κ3) is 46.5. The Balaban J connectivity index is 3.68. The molecule has 1 atom stereocenters. The summed E-state index contributed by atoms with van der Waals surface area (Å²) >= 11 is 0. The predicted molar refractivity (Wildman–Crippen MR) is 260 cm³/mol. The Labute approximate surface area is 368 Å². The zero-order chi connectivity index (χ0) is 43.5. The Morgan fingerprint density at radius 2 is 0.717 bits per heavy atom. The molecule has 1 unspecified atom stereocenters. The van der Waals surface area contributed by atoms with Crippen LogP contribution in [0.15, 0.2) is 146 Å². The number of carbonyl (C=O) groups excluding carboxylic acids is 2. The monoisotopic (exact) mass is 825 g/mol. The van der Waals surface area contributed by atoms with Crippen molar-refractivity contribution in [1.82, 2.24) is 0 Å². The summed E-state index contributed by atoms with van der Waals surface area (Å²) in [6.45, 7) is 3.79. The molecule has 334 valence electrons. The van der Waals surface area contributed by atoms with Crippen molar-refractivity contribution in [2.75, 3.05) is 13.2 Å². The minimum Gasteiger partial charge on any atom is -0.461 e. The van der Waals surface area contributed by atoms with Crippen LogP contribution in [-0.2, 0) is 19.1 Å². The summed E-state index contributed by atoms with van der Waals surface area (Å²) in [4.78, 5) is 24.3. The smallest absolute Gasteiger partial charge is 0.309 e. The van der Waals surface area contributed by atoms with E-state index in [0.717, 1.165) is 103 Å². The molecule has 0 aliphatic carbocycles. The molecule has 0 rings (SSSR count). The van der Waals surface area contributed by atoms with Gasteiger partial charge in [0.25, 0.3) is 0 Å². The van der Waals surface area contributed by atoms with Gasteiger partial charge in [-0.1, -0.05) is 205 Å². The van der Waals surface area contributed by atoms with Gasteiger partial charge in [-0.25, -0.2) is 0 Å². The number of hydrogen-bond acceptors (Lipinski definition) is 5. The predicted octanol–water partition coefficient (Wildman–Crippen LogP) is 15.5. The molecule has 0 radical (unpaired) electrons. The molecule has 5 heteroatoms. The molecule has 60 heavy (non-hydrogen) atoms. The highest BCUT2D eigenvalue weighted by Crippen LogP contribution is 2.12. The Hall–Kier alpha value is -4.22. The molecule has 0 aromatic heterocycles. The Morgan fingerprint density at radius 1 is 0.400 bits per heavy atom. The van der Waals surface area contributed by atoms with Crippen molar-refractivity contribution in [1.29, 1.82) is 0 Å². The lowest BCUT2D eigenvalue weighted by atomic mass is 10.1. The highest BCUT2D eigenvalue weighted by Gasteiger charge is 2.15. The average molecular weight is 825 g/mol. The quantitative estimate of drug-likeness (QED) is 0.0378. The molecule has 0 aromatic carbocycles. The Kier molecular flexibility index (Phi) is 45.7. The number of hydrogen-bond donors (Lipinski definition) is 1. The van der Waals surface area contributed by atoms with Crippen LogP contribution in [0.5, 0.6) is 0 Å². The lowest BCUT2D eigenvalue weighted by molar-refractivity contribution is -0.161. The van der Waals surface area contributed by atoms with Crippen LogP contribution in [0.2, 0.25) is 0 Å². The van der Waals surface area contributed by atoms with Crippen molar-refractivity contribution >= 4 is 11.9 Å². The largest absolute Gasteiger partial charge is 0.461 e. The Bertz CT molecular complexity index is 1350. The van der Waals surface area contributed by atoms with Crippen LogP contribution in [0.4, 0.5) is 0 Å². The molecule has 0 saturated carbocycles. The van der Waals surface area contributed by atoms with Gasteiger partial charge in [0.1, 0.15) is 6.61 Å². The molecule has 0 bridgehead atoms. The number of carbonyl (C=O) groups is 2. The van der Waals surface area contributed by atoms with E-state index in [1.807, 2.05) is 6.08 Å². The minimum atomic E-state index is -0.826. The van der Waals surface area contributed by atoms with Gasteiger partial charge in [0.15, 0.2) is 6.10 Å². The van der Waals surface area contributed by atoms with Crippen molar-refractivity contribution in [2.45, 2.75) is 174 Å². The van der Waals surface area contributed by atoms with Crippen LogP contribution in [0.25, 0.3) is 0 Å². The Morgan fingerprint density at radius 3 is 1.08 bits per heavy atom. The molecular weight excluding hydrogens is 741 g/mol. The van der Waals surface area contributed by atoms with Gasteiger partial charge in [0.05, 0.1) is 13.0 Å². The van der Waals surface area contributed by atoms with E-state index < -0.39 is 12.1 Å². The lowest BCUT2D eigenvalue weighted by Gasteiger charge is -2.15. The van der Waals surface area contributed by atoms with Crippen LogP contribution in [0, 0.1) is 0 Å². The fourth-order valence-electron chi connectivity index (χ4n) is 5.72. The highest BCUT2D eigenvalue weighted by molar-refractivity contribution is 5.71. The highest BCUT2D eigenvalue weighted by atomic mass is 16.6. The average Bonchev–Trinajstić information content (AvgIpc) is 3.25. The molecule has 0 aliphatic rings. The standard InChI is InChI=1S/C55H84O5/c1-3-5-7-9-11-13-15-17-19-20-21-22-23-24-25-26-27-28-29-30-31-32-33-34-36-38-40-42-44-46-48-50-55(58)60-53(51-56)52-59-54(57)49-47-45-43-41-39-37-35-18-16-14-12-10-8-6-4-2/h5-8,11-14,17-19,21-22,24-25,27-28,30-31,35,39,41,45,47,53,56H,3-4,9-10,15-16,20,23,26,29,32-34,36-38,40,42-44,46,48-52H2,1-2H3/b7-5-,8-6-,13-11-,14-12-,19-17-,22-21-,25-24-,28-27-,31-30-,35-18-,41-39-,47-45-. The summed E-state index contributed by atoms with van der Waals surface area (Å²) in [5.74, 6) is -0.759. The fraction of sp³-hybridized carbons (Fsp3) is 0.527. The summed E-state index contributed by atoms with van der Waals surface area (Å²) in [5, 5.41) is 9.58. The number of aliphatic hydroxyl groups excluding tert-OH is 1. The van der Waals surface area contributed by atoms with Crippen molar-refractivity contribution in [3.63, 3.8) is 0 Å². The van der Waals surface area contributed by atoms with Crippen LogP contribution in [0.3, 0.4) is 0 Å². The first-order valence-electron chi connectivity index (χ1n) is 23.4. The lowest BCUT2D eigenvalue weighted by Crippen LogP contribution is -2.28. The van der Waals surface area contributed by atoms with Gasteiger partial charge in [-0.05, 0) is 96.3 Å². The zero-order valence-electron chi connectivity index (χ0n) is 37.9. The van der Waals surface area contributed by atoms with Gasteiger partial charge in [-0.15, -0.1) is 0 Å². The summed E-state index contributed by atoms with van der Waals surface area (Å²) < 4.78 is 10.5.